The van der Waals surface area contributed by atoms with Crippen LogP contribution >= 0.6 is 0 Å². The molecule has 1 saturated heterocycles. The van der Waals surface area contributed by atoms with E-state index in [-0.39, 0.29) is 24.7 Å². The zero-order valence-electron chi connectivity index (χ0n) is 13.9. The van der Waals surface area contributed by atoms with E-state index in [1.54, 1.807) is 32.6 Å². The minimum atomic E-state index is -0.973. The number of carbonyl (C=O) groups excluding carboxylic acids is 1. The van der Waals surface area contributed by atoms with Gasteiger partial charge in [-0.15, -0.1) is 0 Å². The van der Waals surface area contributed by atoms with Crippen molar-refractivity contribution in [3.05, 3.63) is 0 Å². The smallest absolute Gasteiger partial charge is 0.310 e. The highest BCUT2D eigenvalue weighted by molar-refractivity contribution is 5.79. The van der Waals surface area contributed by atoms with Crippen molar-refractivity contribution in [3.8, 4) is 0 Å². The van der Waals surface area contributed by atoms with Gasteiger partial charge in [0, 0.05) is 18.6 Å². The summed E-state index contributed by atoms with van der Waals surface area (Å²) in [5, 5.41) is 12.4. The van der Waals surface area contributed by atoms with Gasteiger partial charge in [-0.3, -0.25) is 9.59 Å². The van der Waals surface area contributed by atoms with Gasteiger partial charge in [-0.1, -0.05) is 0 Å². The molecule has 6 heteroatoms. The minimum absolute atomic E-state index is 0.0220. The van der Waals surface area contributed by atoms with Crippen molar-refractivity contribution in [3.63, 3.8) is 0 Å². The van der Waals surface area contributed by atoms with E-state index in [2.05, 4.69) is 5.32 Å². The lowest BCUT2D eigenvalue weighted by Gasteiger charge is -2.40. The molecule has 1 aliphatic rings. The predicted octanol–water partition coefficient (Wildman–Crippen LogP) is 1.10. The van der Waals surface area contributed by atoms with E-state index < -0.39 is 16.9 Å². The number of hydrogen-bond acceptors (Lipinski definition) is 4. The topological polar surface area (TPSA) is 78.9 Å². The fourth-order valence-electron chi connectivity index (χ4n) is 2.28. The third-order valence-electron chi connectivity index (χ3n) is 4.55. The molecule has 0 bridgehead atoms. The van der Waals surface area contributed by atoms with E-state index in [1.165, 1.54) is 0 Å². The summed E-state index contributed by atoms with van der Waals surface area (Å²) in [6.45, 7) is 12.1. The number of morpholine rings is 1. The lowest BCUT2D eigenvalue weighted by atomic mass is 9.74. The molecule has 21 heavy (non-hydrogen) atoms. The molecule has 2 atom stereocenters. The summed E-state index contributed by atoms with van der Waals surface area (Å²) in [4.78, 5) is 25.4. The van der Waals surface area contributed by atoms with Crippen molar-refractivity contribution in [1.29, 1.82) is 0 Å². The highest BCUT2D eigenvalue weighted by atomic mass is 16.5. The largest absolute Gasteiger partial charge is 0.481 e. The minimum Gasteiger partial charge on any atom is -0.481 e. The Bertz CT molecular complexity index is 396. The van der Waals surface area contributed by atoms with Gasteiger partial charge < -0.3 is 20.1 Å². The highest BCUT2D eigenvalue weighted by Crippen LogP contribution is 2.30. The molecule has 2 unspecified atom stereocenters. The molecular formula is C15H28N2O4. The number of hydrogen-bond donors (Lipinski definition) is 2. The summed E-state index contributed by atoms with van der Waals surface area (Å²) < 4.78 is 5.61. The third kappa shape index (κ3) is 4.17. The van der Waals surface area contributed by atoms with E-state index in [0.29, 0.717) is 13.1 Å². The first-order valence-corrected chi connectivity index (χ1v) is 7.39. The van der Waals surface area contributed by atoms with E-state index in [1.807, 2.05) is 13.8 Å². The molecule has 1 rings (SSSR count). The van der Waals surface area contributed by atoms with Crippen LogP contribution in [0.4, 0.5) is 0 Å². The van der Waals surface area contributed by atoms with Crippen LogP contribution in [0, 0.1) is 5.41 Å². The van der Waals surface area contributed by atoms with Crippen molar-refractivity contribution in [2.45, 2.75) is 59.3 Å². The second-order valence-electron chi connectivity index (χ2n) is 6.96. The number of carbonyl (C=O) groups is 2. The lowest BCUT2D eigenvalue weighted by molar-refractivity contribution is -0.152. The van der Waals surface area contributed by atoms with E-state index in [4.69, 9.17) is 4.74 Å². The average molecular weight is 300 g/mol. The summed E-state index contributed by atoms with van der Waals surface area (Å²) in [5.41, 5.74) is -1.67. The Morgan fingerprint density at radius 3 is 2.10 bits per heavy atom. The Labute approximate surface area is 126 Å². The van der Waals surface area contributed by atoms with E-state index >= 15 is 0 Å². The first kappa shape index (κ1) is 17.9. The molecule has 1 heterocycles. The highest BCUT2D eigenvalue weighted by Gasteiger charge is 2.43. The molecule has 2 N–H and O–H groups in total. The fourth-order valence-corrected chi connectivity index (χ4v) is 2.28. The van der Waals surface area contributed by atoms with Gasteiger partial charge in [-0.25, -0.2) is 0 Å². The molecule has 0 radical (unpaired) electrons. The van der Waals surface area contributed by atoms with E-state index in [0.717, 1.165) is 0 Å². The molecule has 0 saturated carbocycles. The maximum Gasteiger partial charge on any atom is 0.310 e. The van der Waals surface area contributed by atoms with Gasteiger partial charge in [-0.05, 0) is 41.5 Å². The van der Waals surface area contributed by atoms with Gasteiger partial charge in [0.2, 0.25) is 5.91 Å². The standard InChI is InChI=1S/C15H28N2O4/c1-10-8-17(9-11(2)21-10)12(18)7-16-15(5,6)14(3,4)13(19)20/h10-11,16H,7-9H2,1-6H3,(H,19,20). The summed E-state index contributed by atoms with van der Waals surface area (Å²) in [6.07, 6.45) is 0.0577. The second kappa shape index (κ2) is 6.32. The Kier molecular flexibility index (Phi) is 5.39. The summed E-state index contributed by atoms with van der Waals surface area (Å²) in [6, 6.07) is 0. The van der Waals surface area contributed by atoms with Crippen molar-refractivity contribution in [1.82, 2.24) is 10.2 Å². The van der Waals surface area contributed by atoms with Crippen molar-refractivity contribution >= 4 is 11.9 Å². The molecule has 6 nitrogen and oxygen atoms in total. The molecule has 122 valence electrons. The van der Waals surface area contributed by atoms with Crippen LogP contribution in [0.5, 0.6) is 0 Å². The predicted molar refractivity (Wildman–Crippen MR) is 80.1 cm³/mol. The Morgan fingerprint density at radius 2 is 1.67 bits per heavy atom. The van der Waals surface area contributed by atoms with Crippen LogP contribution < -0.4 is 5.32 Å². The molecule has 0 spiro atoms. The summed E-state index contributed by atoms with van der Waals surface area (Å²) in [7, 11) is 0. The van der Waals surface area contributed by atoms with Gasteiger partial charge in [0.15, 0.2) is 0 Å². The zero-order chi connectivity index (χ0) is 16.4. The van der Waals surface area contributed by atoms with E-state index in [9.17, 15) is 14.7 Å². The van der Waals surface area contributed by atoms with Crippen LogP contribution in [0.15, 0.2) is 0 Å². The molecule has 0 aliphatic carbocycles. The number of rotatable bonds is 5. The SMILES string of the molecule is CC1CN(C(=O)CNC(C)(C)C(C)(C)C(=O)O)CC(C)O1. The summed E-state index contributed by atoms with van der Waals surface area (Å²) >= 11 is 0. The Hall–Kier alpha value is -1.14. The van der Waals surface area contributed by atoms with Crippen LogP contribution in [0.1, 0.15) is 41.5 Å². The zero-order valence-corrected chi connectivity index (χ0v) is 13.9. The third-order valence-corrected chi connectivity index (χ3v) is 4.55. The number of aliphatic carboxylic acids is 1. The second-order valence-corrected chi connectivity index (χ2v) is 6.96. The van der Waals surface area contributed by atoms with Crippen LogP contribution in [0.3, 0.4) is 0 Å². The molecular weight excluding hydrogens is 272 g/mol. The van der Waals surface area contributed by atoms with Gasteiger partial charge >= 0.3 is 5.97 Å². The average Bonchev–Trinajstić information content (AvgIpc) is 2.34. The van der Waals surface area contributed by atoms with Gasteiger partial charge in [0.25, 0.3) is 0 Å². The van der Waals surface area contributed by atoms with Crippen molar-refractivity contribution in [2.75, 3.05) is 19.6 Å². The fraction of sp³-hybridized carbons (Fsp3) is 0.867. The normalized spacial score (nSPS) is 24.0. The quantitative estimate of drug-likeness (QED) is 0.795. The molecule has 1 fully saturated rings. The number of amides is 1. The number of ether oxygens (including phenoxy) is 1. The molecule has 0 aromatic rings. The molecule has 1 aliphatic heterocycles. The molecule has 0 aromatic heterocycles. The van der Waals surface area contributed by atoms with Gasteiger partial charge in [-0.2, -0.15) is 0 Å². The number of nitrogens with zero attached hydrogens (tertiary/aromatic N) is 1. The van der Waals surface area contributed by atoms with Crippen LogP contribution in [-0.2, 0) is 14.3 Å². The molecule has 1 amide bonds. The van der Waals surface area contributed by atoms with Gasteiger partial charge in [0.05, 0.1) is 24.2 Å². The number of carboxylic acid groups (broad SMARTS) is 1. The van der Waals surface area contributed by atoms with Crippen LogP contribution in [0.25, 0.3) is 0 Å². The monoisotopic (exact) mass is 300 g/mol. The molecule has 0 aromatic carbocycles. The first-order chi connectivity index (χ1) is 9.47. The van der Waals surface area contributed by atoms with Gasteiger partial charge in [0.1, 0.15) is 0 Å². The van der Waals surface area contributed by atoms with Crippen LogP contribution in [-0.4, -0.2) is 59.3 Å². The first-order valence-electron chi connectivity index (χ1n) is 7.39. The Morgan fingerprint density at radius 1 is 1.19 bits per heavy atom. The number of carboxylic acids is 1. The maximum atomic E-state index is 12.3. The number of nitrogens with one attached hydrogen (secondary N) is 1. The maximum absolute atomic E-state index is 12.3. The lowest BCUT2D eigenvalue weighted by Crippen LogP contribution is -2.58. The van der Waals surface area contributed by atoms with Crippen LogP contribution in [0.2, 0.25) is 0 Å². The van der Waals surface area contributed by atoms with Crippen molar-refractivity contribution < 1.29 is 19.4 Å². The van der Waals surface area contributed by atoms with Crippen molar-refractivity contribution in [2.24, 2.45) is 5.41 Å². The summed E-state index contributed by atoms with van der Waals surface area (Å²) in [5.74, 6) is -0.910. The Balaban J connectivity index is 2.62.